The lowest BCUT2D eigenvalue weighted by atomic mass is 10.2. The van der Waals surface area contributed by atoms with Crippen molar-refractivity contribution < 1.29 is 23.8 Å². The van der Waals surface area contributed by atoms with Gasteiger partial charge < -0.3 is 24.1 Å². The van der Waals surface area contributed by atoms with E-state index in [9.17, 15) is 9.59 Å². The molecular formula is C20H20N2O5. The molecule has 0 saturated carbocycles. The number of hydrogen-bond acceptors (Lipinski definition) is 5. The van der Waals surface area contributed by atoms with Gasteiger partial charge in [0.05, 0.1) is 25.5 Å². The van der Waals surface area contributed by atoms with E-state index >= 15 is 0 Å². The number of amides is 1. The number of anilines is 1. The maximum atomic E-state index is 12.4. The Hall–Kier alpha value is -3.48. The topological polar surface area (TPSA) is 78.8 Å². The lowest BCUT2D eigenvalue weighted by Gasteiger charge is -2.11. The van der Waals surface area contributed by atoms with E-state index in [1.807, 2.05) is 35.9 Å². The van der Waals surface area contributed by atoms with Crippen LogP contribution in [-0.4, -0.2) is 37.3 Å². The van der Waals surface area contributed by atoms with Crippen LogP contribution in [-0.2, 0) is 16.6 Å². The Morgan fingerprint density at radius 3 is 2.59 bits per heavy atom. The second-order valence-corrected chi connectivity index (χ2v) is 5.86. The van der Waals surface area contributed by atoms with Crippen molar-refractivity contribution in [1.29, 1.82) is 0 Å². The minimum Gasteiger partial charge on any atom is -0.497 e. The number of carbonyl (C=O) groups excluding carboxylic acids is 2. The van der Waals surface area contributed by atoms with Crippen LogP contribution in [0.2, 0.25) is 0 Å². The number of nitrogens with one attached hydrogen (secondary N) is 1. The fraction of sp³-hybridized carbons (Fsp3) is 0.200. The molecule has 2 aromatic carbocycles. The van der Waals surface area contributed by atoms with Crippen molar-refractivity contribution in [2.45, 2.75) is 0 Å². The molecule has 1 heterocycles. The maximum absolute atomic E-state index is 12.4. The van der Waals surface area contributed by atoms with Crippen LogP contribution in [0, 0.1) is 0 Å². The van der Waals surface area contributed by atoms with Crippen LogP contribution in [0.1, 0.15) is 10.4 Å². The van der Waals surface area contributed by atoms with Gasteiger partial charge >= 0.3 is 5.97 Å². The molecule has 7 heteroatoms. The van der Waals surface area contributed by atoms with Gasteiger partial charge in [-0.25, -0.2) is 4.79 Å². The molecule has 0 saturated heterocycles. The Morgan fingerprint density at radius 2 is 1.85 bits per heavy atom. The minimum atomic E-state index is -0.552. The molecule has 27 heavy (non-hydrogen) atoms. The Balaban J connectivity index is 1.66. The molecule has 1 aromatic heterocycles. The molecule has 0 bridgehead atoms. The number of methoxy groups -OCH3 is 2. The molecule has 140 valence electrons. The van der Waals surface area contributed by atoms with Gasteiger partial charge in [-0.15, -0.1) is 0 Å². The maximum Gasteiger partial charge on any atom is 0.340 e. The van der Waals surface area contributed by atoms with Crippen LogP contribution in [0.3, 0.4) is 0 Å². The molecule has 0 aliphatic rings. The number of para-hydroxylation sites is 1. The molecule has 0 atom stereocenters. The fourth-order valence-electron chi connectivity index (χ4n) is 2.80. The molecule has 1 N–H and O–H groups in total. The zero-order valence-electron chi connectivity index (χ0n) is 15.3. The average Bonchev–Trinajstić information content (AvgIpc) is 3.03. The number of esters is 1. The van der Waals surface area contributed by atoms with E-state index in [-0.39, 0.29) is 0 Å². The number of nitrogens with zero attached hydrogens (tertiary/aromatic N) is 1. The standard InChI is InChI=1S/C20H20N2O5/c1-22-11-15(14-6-4-5-7-17(14)22)20(24)27-12-19(23)21-16-9-8-13(25-2)10-18(16)26-3/h4-11H,12H2,1-3H3,(H,21,23). The number of aromatic nitrogens is 1. The minimum absolute atomic E-state index is 0.406. The lowest BCUT2D eigenvalue weighted by molar-refractivity contribution is -0.119. The number of ether oxygens (including phenoxy) is 3. The molecule has 0 aliphatic carbocycles. The molecule has 1 amide bonds. The molecule has 7 nitrogen and oxygen atoms in total. The molecule has 3 rings (SSSR count). The second-order valence-electron chi connectivity index (χ2n) is 5.86. The van der Waals surface area contributed by atoms with Crippen molar-refractivity contribution in [2.24, 2.45) is 7.05 Å². The smallest absolute Gasteiger partial charge is 0.340 e. The molecule has 0 unspecified atom stereocenters. The van der Waals surface area contributed by atoms with Gasteiger partial charge in [0.15, 0.2) is 6.61 Å². The summed E-state index contributed by atoms with van der Waals surface area (Å²) >= 11 is 0. The van der Waals surface area contributed by atoms with Gasteiger partial charge in [-0.3, -0.25) is 4.79 Å². The number of hydrogen-bond donors (Lipinski definition) is 1. The van der Waals surface area contributed by atoms with Gasteiger partial charge in [0, 0.05) is 30.2 Å². The summed E-state index contributed by atoms with van der Waals surface area (Å²) in [5.41, 5.74) is 1.80. The summed E-state index contributed by atoms with van der Waals surface area (Å²) in [6, 6.07) is 12.5. The van der Waals surface area contributed by atoms with Crippen LogP contribution in [0.4, 0.5) is 5.69 Å². The number of benzene rings is 2. The van der Waals surface area contributed by atoms with Gasteiger partial charge in [0.25, 0.3) is 5.91 Å². The van der Waals surface area contributed by atoms with Crippen molar-refractivity contribution in [2.75, 3.05) is 26.1 Å². The van der Waals surface area contributed by atoms with Crippen LogP contribution >= 0.6 is 0 Å². The zero-order valence-corrected chi connectivity index (χ0v) is 15.3. The SMILES string of the molecule is COc1ccc(NC(=O)COC(=O)c2cn(C)c3ccccc23)c(OC)c1. The van der Waals surface area contributed by atoms with E-state index in [1.165, 1.54) is 7.11 Å². The molecule has 0 fully saturated rings. The first-order chi connectivity index (χ1) is 13.0. The largest absolute Gasteiger partial charge is 0.497 e. The summed E-state index contributed by atoms with van der Waals surface area (Å²) in [5.74, 6) is 0.0333. The quantitative estimate of drug-likeness (QED) is 0.677. The monoisotopic (exact) mass is 368 g/mol. The molecule has 3 aromatic rings. The lowest BCUT2D eigenvalue weighted by Crippen LogP contribution is -2.21. The number of carbonyl (C=O) groups is 2. The van der Waals surface area contributed by atoms with Crippen LogP contribution < -0.4 is 14.8 Å². The van der Waals surface area contributed by atoms with Gasteiger partial charge in [0.2, 0.25) is 0 Å². The van der Waals surface area contributed by atoms with Crippen molar-refractivity contribution >= 4 is 28.5 Å². The third-order valence-electron chi connectivity index (χ3n) is 4.13. The summed E-state index contributed by atoms with van der Waals surface area (Å²) < 4.78 is 17.4. The first kappa shape index (κ1) is 18.3. The van der Waals surface area contributed by atoms with Crippen LogP contribution in [0.5, 0.6) is 11.5 Å². The van der Waals surface area contributed by atoms with Gasteiger partial charge in [-0.2, -0.15) is 0 Å². The summed E-state index contributed by atoms with van der Waals surface area (Å²) in [4.78, 5) is 24.5. The van der Waals surface area contributed by atoms with Gasteiger partial charge in [-0.1, -0.05) is 18.2 Å². The predicted molar refractivity (Wildman–Crippen MR) is 101 cm³/mol. The van der Waals surface area contributed by atoms with E-state index in [0.717, 1.165) is 10.9 Å². The first-order valence-electron chi connectivity index (χ1n) is 8.26. The van der Waals surface area contributed by atoms with Crippen molar-refractivity contribution in [1.82, 2.24) is 4.57 Å². The highest BCUT2D eigenvalue weighted by Crippen LogP contribution is 2.29. The van der Waals surface area contributed by atoms with E-state index in [4.69, 9.17) is 14.2 Å². The number of rotatable bonds is 6. The second kappa shape index (κ2) is 7.82. The highest BCUT2D eigenvalue weighted by atomic mass is 16.5. The van der Waals surface area contributed by atoms with Crippen LogP contribution in [0.15, 0.2) is 48.7 Å². The van der Waals surface area contributed by atoms with Gasteiger partial charge in [0.1, 0.15) is 11.5 Å². The highest BCUT2D eigenvalue weighted by molar-refractivity contribution is 6.05. The molecule has 0 aliphatic heterocycles. The molecule has 0 radical (unpaired) electrons. The highest BCUT2D eigenvalue weighted by Gasteiger charge is 2.17. The van der Waals surface area contributed by atoms with E-state index in [2.05, 4.69) is 5.32 Å². The average molecular weight is 368 g/mol. The van der Waals surface area contributed by atoms with Crippen molar-refractivity contribution in [3.05, 3.63) is 54.2 Å². The Kier molecular flexibility index (Phi) is 5.30. The summed E-state index contributed by atoms with van der Waals surface area (Å²) in [5, 5.41) is 3.44. The number of aryl methyl sites for hydroxylation is 1. The Bertz CT molecular complexity index is 993. The van der Waals surface area contributed by atoms with E-state index < -0.39 is 18.5 Å². The van der Waals surface area contributed by atoms with Crippen molar-refractivity contribution in [3.63, 3.8) is 0 Å². The van der Waals surface area contributed by atoms with Gasteiger partial charge in [-0.05, 0) is 18.2 Å². The third kappa shape index (κ3) is 3.87. The third-order valence-corrected chi connectivity index (χ3v) is 4.13. The predicted octanol–water partition coefficient (Wildman–Crippen LogP) is 2.99. The van der Waals surface area contributed by atoms with E-state index in [1.54, 1.807) is 31.5 Å². The van der Waals surface area contributed by atoms with E-state index in [0.29, 0.717) is 22.7 Å². The Labute approximate surface area is 156 Å². The zero-order chi connectivity index (χ0) is 19.4. The normalized spacial score (nSPS) is 10.5. The summed E-state index contributed by atoms with van der Waals surface area (Å²) in [6.45, 7) is -0.406. The van der Waals surface area contributed by atoms with Crippen molar-refractivity contribution in [3.8, 4) is 11.5 Å². The van der Waals surface area contributed by atoms with Crippen LogP contribution in [0.25, 0.3) is 10.9 Å². The molecule has 0 spiro atoms. The first-order valence-corrected chi connectivity index (χ1v) is 8.26. The molecular weight excluding hydrogens is 348 g/mol. The summed E-state index contributed by atoms with van der Waals surface area (Å²) in [6.07, 6.45) is 1.69. The summed E-state index contributed by atoms with van der Waals surface area (Å²) in [7, 11) is 4.88. The number of fused-ring (bicyclic) bond motifs is 1. The Morgan fingerprint density at radius 1 is 1.07 bits per heavy atom. The fourth-order valence-corrected chi connectivity index (χ4v) is 2.80.